The van der Waals surface area contributed by atoms with E-state index in [9.17, 15) is 4.39 Å². The van der Waals surface area contributed by atoms with Gasteiger partial charge in [0.2, 0.25) is 0 Å². The van der Waals surface area contributed by atoms with Gasteiger partial charge in [0.25, 0.3) is 0 Å². The molecule has 2 rings (SSSR count). The first-order chi connectivity index (χ1) is 8.20. The Hall–Kier alpha value is -1.58. The normalized spacial score (nSPS) is 10.3. The van der Waals surface area contributed by atoms with Crippen LogP contribution in [0.2, 0.25) is 5.02 Å². The maximum Gasteiger partial charge on any atom is 0.146 e. The molecule has 4 heteroatoms. The Balaban J connectivity index is 2.33. The molecule has 1 N–H and O–H groups in total. The number of benzene rings is 2. The van der Waals surface area contributed by atoms with Gasteiger partial charge in [-0.25, -0.2) is 4.39 Å². The maximum atomic E-state index is 13.0. The van der Waals surface area contributed by atoms with Crippen molar-refractivity contribution in [1.29, 1.82) is 0 Å². The molecule has 0 aliphatic rings. The quantitative estimate of drug-likeness (QED) is 0.901. The minimum Gasteiger partial charge on any atom is -0.455 e. The lowest BCUT2D eigenvalue weighted by atomic mass is 10.2. The van der Waals surface area contributed by atoms with Crippen molar-refractivity contribution in [3.05, 3.63) is 58.9 Å². The predicted octanol–water partition coefficient (Wildman–Crippen LogP) is 3.76. The molecule has 0 aliphatic heterocycles. The van der Waals surface area contributed by atoms with Crippen LogP contribution in [0.25, 0.3) is 0 Å². The largest absolute Gasteiger partial charge is 0.455 e. The zero-order chi connectivity index (χ0) is 12.3. The lowest BCUT2D eigenvalue weighted by Gasteiger charge is -2.10. The SMILES string of the molecule is OCc1cc(F)ccc1Oc1ccccc1Cl. The third-order valence-corrected chi connectivity index (χ3v) is 2.56. The molecule has 0 fully saturated rings. The molecule has 2 aromatic rings. The molecular weight excluding hydrogens is 243 g/mol. The number of halogens is 2. The Labute approximate surface area is 103 Å². The zero-order valence-electron chi connectivity index (χ0n) is 8.86. The molecule has 17 heavy (non-hydrogen) atoms. The van der Waals surface area contributed by atoms with Gasteiger partial charge in [-0.15, -0.1) is 0 Å². The van der Waals surface area contributed by atoms with Crippen LogP contribution >= 0.6 is 11.6 Å². The van der Waals surface area contributed by atoms with Crippen LogP contribution in [0.4, 0.5) is 4.39 Å². The lowest BCUT2D eigenvalue weighted by molar-refractivity contribution is 0.276. The van der Waals surface area contributed by atoms with Crippen molar-refractivity contribution in [2.24, 2.45) is 0 Å². The molecule has 0 aromatic heterocycles. The van der Waals surface area contributed by atoms with Crippen molar-refractivity contribution in [2.45, 2.75) is 6.61 Å². The van der Waals surface area contributed by atoms with E-state index < -0.39 is 5.82 Å². The third kappa shape index (κ3) is 2.75. The molecule has 0 atom stereocenters. The summed E-state index contributed by atoms with van der Waals surface area (Å²) in [7, 11) is 0. The summed E-state index contributed by atoms with van der Waals surface area (Å²) < 4.78 is 18.5. The highest BCUT2D eigenvalue weighted by Crippen LogP contribution is 2.31. The highest BCUT2D eigenvalue weighted by atomic mass is 35.5. The summed E-state index contributed by atoms with van der Waals surface area (Å²) in [6.07, 6.45) is 0. The summed E-state index contributed by atoms with van der Waals surface area (Å²) >= 11 is 5.94. The smallest absolute Gasteiger partial charge is 0.146 e. The minimum atomic E-state index is -0.416. The average molecular weight is 253 g/mol. The highest BCUT2D eigenvalue weighted by Gasteiger charge is 2.07. The summed E-state index contributed by atoms with van der Waals surface area (Å²) in [5.41, 5.74) is 0.380. The molecule has 0 radical (unpaired) electrons. The van der Waals surface area contributed by atoms with Crippen LogP contribution in [-0.2, 0) is 6.61 Å². The van der Waals surface area contributed by atoms with E-state index in [0.29, 0.717) is 22.1 Å². The average Bonchev–Trinajstić information content (AvgIpc) is 2.34. The standard InChI is InChI=1S/C13H10ClFO2/c14-11-3-1-2-4-13(11)17-12-6-5-10(15)7-9(12)8-16/h1-7,16H,8H2. The monoisotopic (exact) mass is 252 g/mol. The number of aliphatic hydroxyl groups excluding tert-OH is 1. The molecule has 0 spiro atoms. The second-order valence-electron chi connectivity index (χ2n) is 3.44. The second kappa shape index (κ2) is 5.17. The van der Waals surface area contributed by atoms with E-state index in [4.69, 9.17) is 21.4 Å². The molecule has 0 amide bonds. The molecule has 2 nitrogen and oxygen atoms in total. The van der Waals surface area contributed by atoms with Gasteiger partial charge in [-0.05, 0) is 30.3 Å². The summed E-state index contributed by atoms with van der Waals surface area (Å²) in [4.78, 5) is 0. The van der Waals surface area contributed by atoms with E-state index in [0.717, 1.165) is 0 Å². The van der Waals surface area contributed by atoms with Gasteiger partial charge < -0.3 is 9.84 Å². The van der Waals surface area contributed by atoms with Gasteiger partial charge in [-0.2, -0.15) is 0 Å². The lowest BCUT2D eigenvalue weighted by Crippen LogP contribution is -1.93. The molecule has 0 unspecified atom stereocenters. The topological polar surface area (TPSA) is 29.5 Å². The fourth-order valence-corrected chi connectivity index (χ4v) is 1.59. The fraction of sp³-hybridized carbons (Fsp3) is 0.0769. The first kappa shape index (κ1) is 11.9. The van der Waals surface area contributed by atoms with Crippen LogP contribution in [0.15, 0.2) is 42.5 Å². The van der Waals surface area contributed by atoms with Crippen molar-refractivity contribution in [3.63, 3.8) is 0 Å². The zero-order valence-corrected chi connectivity index (χ0v) is 9.62. The second-order valence-corrected chi connectivity index (χ2v) is 3.85. The van der Waals surface area contributed by atoms with E-state index in [-0.39, 0.29) is 6.61 Å². The number of hydrogen-bond acceptors (Lipinski definition) is 2. The van der Waals surface area contributed by atoms with E-state index in [2.05, 4.69) is 0 Å². The van der Waals surface area contributed by atoms with E-state index in [1.807, 2.05) is 0 Å². The summed E-state index contributed by atoms with van der Waals surface area (Å²) in [5.74, 6) is 0.443. The van der Waals surface area contributed by atoms with E-state index in [1.54, 1.807) is 24.3 Å². The molecule has 0 saturated carbocycles. The van der Waals surface area contributed by atoms with Crippen molar-refractivity contribution in [2.75, 3.05) is 0 Å². The van der Waals surface area contributed by atoms with E-state index >= 15 is 0 Å². The first-order valence-corrected chi connectivity index (χ1v) is 5.40. The first-order valence-electron chi connectivity index (χ1n) is 5.02. The Bertz CT molecular complexity index is 529. The van der Waals surface area contributed by atoms with Crippen molar-refractivity contribution < 1.29 is 14.2 Å². The molecule has 0 bridgehead atoms. The Morgan fingerprint density at radius 1 is 1.12 bits per heavy atom. The number of rotatable bonds is 3. The van der Waals surface area contributed by atoms with Gasteiger partial charge in [0.1, 0.15) is 17.3 Å². The molecule has 0 aliphatic carbocycles. The fourth-order valence-electron chi connectivity index (χ4n) is 1.42. The minimum absolute atomic E-state index is 0.294. The van der Waals surface area contributed by atoms with Gasteiger partial charge in [0.15, 0.2) is 0 Å². The number of ether oxygens (including phenoxy) is 1. The van der Waals surface area contributed by atoms with Gasteiger partial charge >= 0.3 is 0 Å². The number of aliphatic hydroxyl groups is 1. The summed E-state index contributed by atoms with van der Waals surface area (Å²) in [6, 6.07) is 10.9. The van der Waals surface area contributed by atoms with Crippen molar-refractivity contribution in [3.8, 4) is 11.5 Å². The van der Waals surface area contributed by atoms with Crippen molar-refractivity contribution >= 4 is 11.6 Å². The number of para-hydroxylation sites is 1. The van der Waals surface area contributed by atoms with Crippen LogP contribution in [0.5, 0.6) is 11.5 Å². The van der Waals surface area contributed by atoms with Gasteiger partial charge in [0, 0.05) is 5.56 Å². The number of hydrogen-bond donors (Lipinski definition) is 1. The summed E-state index contributed by atoms with van der Waals surface area (Å²) in [6.45, 7) is -0.294. The predicted molar refractivity (Wildman–Crippen MR) is 63.8 cm³/mol. The third-order valence-electron chi connectivity index (χ3n) is 2.25. The maximum absolute atomic E-state index is 13.0. The Kier molecular flexibility index (Phi) is 3.61. The van der Waals surface area contributed by atoms with Gasteiger partial charge in [-0.3, -0.25) is 0 Å². The molecular formula is C13H10ClFO2. The van der Waals surface area contributed by atoms with E-state index in [1.165, 1.54) is 18.2 Å². The van der Waals surface area contributed by atoms with Crippen LogP contribution in [-0.4, -0.2) is 5.11 Å². The van der Waals surface area contributed by atoms with Crippen LogP contribution in [0.3, 0.4) is 0 Å². The van der Waals surface area contributed by atoms with Crippen molar-refractivity contribution in [1.82, 2.24) is 0 Å². The van der Waals surface area contributed by atoms with Crippen LogP contribution < -0.4 is 4.74 Å². The molecule has 88 valence electrons. The molecule has 0 heterocycles. The Morgan fingerprint density at radius 2 is 1.88 bits per heavy atom. The van der Waals surface area contributed by atoms with Crippen LogP contribution in [0.1, 0.15) is 5.56 Å². The molecule has 2 aromatic carbocycles. The Morgan fingerprint density at radius 3 is 2.59 bits per heavy atom. The summed E-state index contributed by atoms with van der Waals surface area (Å²) in [5, 5.41) is 9.57. The molecule has 0 saturated heterocycles. The van der Waals surface area contributed by atoms with Crippen LogP contribution in [0, 0.1) is 5.82 Å². The van der Waals surface area contributed by atoms with Gasteiger partial charge in [0.05, 0.1) is 11.6 Å². The van der Waals surface area contributed by atoms with Gasteiger partial charge in [-0.1, -0.05) is 23.7 Å². The highest BCUT2D eigenvalue weighted by molar-refractivity contribution is 6.32.